The monoisotopic (exact) mass is 548 g/mol. The van der Waals surface area contributed by atoms with Crippen LogP contribution in [0.5, 0.6) is 0 Å². The minimum absolute atomic E-state index is 0.318. The van der Waals surface area contributed by atoms with E-state index in [4.69, 9.17) is 35.4 Å². The maximum atomic E-state index is 6.44. The summed E-state index contributed by atoms with van der Waals surface area (Å²) in [7, 11) is 0. The van der Waals surface area contributed by atoms with Crippen LogP contribution in [0.15, 0.2) is 18.2 Å². The summed E-state index contributed by atoms with van der Waals surface area (Å²) in [5.74, 6) is 3.73. The maximum absolute atomic E-state index is 6.44. The van der Waals surface area contributed by atoms with Gasteiger partial charge in [0.1, 0.15) is 0 Å². The lowest BCUT2D eigenvalue weighted by atomic mass is 9.53. The largest absolute Gasteiger partial charge is 0.368 e. The number of nitrogens with zero attached hydrogens (tertiary/aromatic N) is 2. The van der Waals surface area contributed by atoms with Crippen LogP contribution in [0, 0.1) is 23.7 Å². The van der Waals surface area contributed by atoms with Crippen LogP contribution in [0.3, 0.4) is 0 Å². The van der Waals surface area contributed by atoms with Crippen LogP contribution >= 0.6 is 35.4 Å². The van der Waals surface area contributed by atoms with E-state index in [0.717, 1.165) is 60.7 Å². The van der Waals surface area contributed by atoms with Gasteiger partial charge in [-0.1, -0.05) is 29.3 Å². The Morgan fingerprint density at radius 3 is 2.19 bits per heavy atom. The number of anilines is 1. The predicted octanol–water partition coefficient (Wildman–Crippen LogP) is 6.50. The molecule has 36 heavy (non-hydrogen) atoms. The Bertz CT molecular complexity index is 904. The van der Waals surface area contributed by atoms with Crippen molar-refractivity contribution in [3.8, 4) is 0 Å². The lowest BCUT2D eigenvalue weighted by Crippen LogP contribution is -2.62. The lowest BCUT2D eigenvalue weighted by molar-refractivity contribution is -0.0102. The quantitative estimate of drug-likeness (QED) is 0.396. The molecule has 4 bridgehead atoms. The topological polar surface area (TPSA) is 30.5 Å². The molecule has 6 aliphatic rings. The summed E-state index contributed by atoms with van der Waals surface area (Å²) in [5.41, 5.74) is 1.39. The minimum Gasteiger partial charge on any atom is -0.368 e. The predicted molar refractivity (Wildman–Crippen MR) is 155 cm³/mol. The number of hydrogen-bond acceptors (Lipinski definition) is 3. The molecule has 5 aliphatic carbocycles. The highest BCUT2D eigenvalue weighted by Crippen LogP contribution is 2.55. The van der Waals surface area contributed by atoms with Gasteiger partial charge in [0.15, 0.2) is 5.11 Å². The standard InChI is InChI=1S/C29H42Cl2N4S/c30-25-2-1-3-26(27(25)31)35-12-10-34(11-13-35)9-8-20-4-6-24(7-5-20)32-28(36)33-29-17-21-14-22(18-29)16-23(15-21)19-29/h1-3,20-24H,4-19H2,(H2,32,33,36)/t20-,21?,22?,23?,24-,29?. The third-order valence-electron chi connectivity index (χ3n) is 10.1. The van der Waals surface area contributed by atoms with Gasteiger partial charge in [0, 0.05) is 37.8 Å². The summed E-state index contributed by atoms with van der Waals surface area (Å²) in [6.07, 6.45) is 15.0. The summed E-state index contributed by atoms with van der Waals surface area (Å²) in [5, 5.41) is 9.87. The molecule has 1 aromatic rings. The van der Waals surface area contributed by atoms with E-state index < -0.39 is 0 Å². The van der Waals surface area contributed by atoms with Crippen molar-refractivity contribution in [3.63, 3.8) is 0 Å². The molecular formula is C29H42Cl2N4S. The Balaban J connectivity index is 0.893. The van der Waals surface area contributed by atoms with Gasteiger partial charge in [-0.2, -0.15) is 0 Å². The first-order valence-electron chi connectivity index (χ1n) is 14.4. The van der Waals surface area contributed by atoms with Crippen LogP contribution < -0.4 is 15.5 Å². The summed E-state index contributed by atoms with van der Waals surface area (Å²) in [4.78, 5) is 5.01. The molecule has 5 saturated carbocycles. The Labute approximate surface area is 232 Å². The highest BCUT2D eigenvalue weighted by atomic mass is 35.5. The van der Waals surface area contributed by atoms with Crippen molar-refractivity contribution in [2.45, 2.75) is 82.2 Å². The first-order chi connectivity index (χ1) is 17.4. The van der Waals surface area contributed by atoms with E-state index in [1.807, 2.05) is 12.1 Å². The average molecular weight is 550 g/mol. The molecule has 0 radical (unpaired) electrons. The first kappa shape index (κ1) is 25.5. The lowest BCUT2D eigenvalue weighted by Gasteiger charge is -2.57. The average Bonchev–Trinajstić information content (AvgIpc) is 2.84. The second kappa shape index (κ2) is 10.8. The van der Waals surface area contributed by atoms with Gasteiger partial charge in [-0.3, -0.25) is 4.90 Å². The normalized spacial score (nSPS) is 36.2. The van der Waals surface area contributed by atoms with Gasteiger partial charge >= 0.3 is 0 Å². The molecule has 1 aromatic carbocycles. The molecule has 7 heteroatoms. The van der Waals surface area contributed by atoms with Gasteiger partial charge in [0.05, 0.1) is 15.7 Å². The Morgan fingerprint density at radius 1 is 0.917 bits per heavy atom. The molecule has 2 N–H and O–H groups in total. The van der Waals surface area contributed by atoms with Crippen molar-refractivity contribution in [2.75, 3.05) is 37.6 Å². The van der Waals surface area contributed by atoms with E-state index in [2.05, 4.69) is 26.5 Å². The van der Waals surface area contributed by atoms with Crippen molar-refractivity contribution in [2.24, 2.45) is 23.7 Å². The summed E-state index contributed by atoms with van der Waals surface area (Å²) >= 11 is 18.5. The molecule has 1 aliphatic heterocycles. The Hall–Kier alpha value is -0.750. The third-order valence-corrected chi connectivity index (χ3v) is 11.1. The zero-order valence-corrected chi connectivity index (χ0v) is 23.8. The molecule has 1 saturated heterocycles. The minimum atomic E-state index is 0.318. The van der Waals surface area contributed by atoms with E-state index in [1.165, 1.54) is 77.2 Å². The zero-order valence-electron chi connectivity index (χ0n) is 21.5. The number of halogens is 2. The van der Waals surface area contributed by atoms with Crippen LogP contribution in [-0.2, 0) is 0 Å². The van der Waals surface area contributed by atoms with Crippen LogP contribution in [0.4, 0.5) is 5.69 Å². The Morgan fingerprint density at radius 2 is 1.56 bits per heavy atom. The van der Waals surface area contributed by atoms with E-state index in [1.54, 1.807) is 0 Å². The highest BCUT2D eigenvalue weighted by molar-refractivity contribution is 7.80. The van der Waals surface area contributed by atoms with Crippen molar-refractivity contribution in [1.29, 1.82) is 0 Å². The molecule has 0 aromatic heterocycles. The van der Waals surface area contributed by atoms with Gasteiger partial charge in [-0.25, -0.2) is 0 Å². The second-order valence-electron chi connectivity index (χ2n) is 12.7. The molecule has 7 rings (SSSR count). The van der Waals surface area contributed by atoms with E-state index >= 15 is 0 Å². The number of nitrogens with one attached hydrogen (secondary N) is 2. The molecule has 0 unspecified atom stereocenters. The highest BCUT2D eigenvalue weighted by Gasteiger charge is 2.51. The number of hydrogen-bond donors (Lipinski definition) is 2. The zero-order chi connectivity index (χ0) is 24.7. The van der Waals surface area contributed by atoms with Crippen LogP contribution in [0.2, 0.25) is 10.0 Å². The fourth-order valence-corrected chi connectivity index (χ4v) is 9.43. The summed E-state index contributed by atoms with van der Waals surface area (Å²) < 4.78 is 0. The van der Waals surface area contributed by atoms with Gasteiger partial charge < -0.3 is 15.5 Å². The number of piperazine rings is 1. The fourth-order valence-electron chi connectivity index (χ4n) is 8.64. The second-order valence-corrected chi connectivity index (χ2v) is 13.9. The Kier molecular flexibility index (Phi) is 7.65. The molecule has 1 heterocycles. The number of thiocarbonyl (C=S) groups is 1. The van der Waals surface area contributed by atoms with Crippen molar-refractivity contribution in [3.05, 3.63) is 28.2 Å². The summed E-state index contributed by atoms with van der Waals surface area (Å²) in [6, 6.07) is 6.50. The van der Waals surface area contributed by atoms with Crippen molar-refractivity contribution in [1.82, 2.24) is 15.5 Å². The van der Waals surface area contributed by atoms with E-state index in [9.17, 15) is 0 Å². The number of benzene rings is 1. The number of rotatable bonds is 6. The molecule has 4 nitrogen and oxygen atoms in total. The summed E-state index contributed by atoms with van der Waals surface area (Å²) in [6.45, 7) is 5.45. The smallest absolute Gasteiger partial charge is 0.166 e. The van der Waals surface area contributed by atoms with Gasteiger partial charge in [-0.05, 0) is 125 Å². The SMILES string of the molecule is S=C(NC12CC3CC(CC(C3)C1)C2)N[C@H]1CC[C@H](CCN2CCN(c3cccc(Cl)c3Cl)CC2)CC1. The van der Waals surface area contributed by atoms with Crippen molar-refractivity contribution >= 4 is 46.2 Å². The molecule has 0 atom stereocenters. The van der Waals surface area contributed by atoms with Gasteiger partial charge in [-0.15, -0.1) is 0 Å². The van der Waals surface area contributed by atoms with Crippen LogP contribution in [-0.4, -0.2) is 54.3 Å². The molecule has 198 valence electrons. The van der Waals surface area contributed by atoms with E-state index in [0.29, 0.717) is 21.6 Å². The third kappa shape index (κ3) is 5.65. The molecule has 0 amide bonds. The molecule has 0 spiro atoms. The van der Waals surface area contributed by atoms with E-state index in [-0.39, 0.29) is 0 Å². The molecular weight excluding hydrogens is 507 g/mol. The van der Waals surface area contributed by atoms with Crippen LogP contribution in [0.25, 0.3) is 0 Å². The van der Waals surface area contributed by atoms with Gasteiger partial charge in [0.2, 0.25) is 0 Å². The van der Waals surface area contributed by atoms with Gasteiger partial charge in [0.25, 0.3) is 0 Å². The van der Waals surface area contributed by atoms with Crippen LogP contribution in [0.1, 0.15) is 70.6 Å². The first-order valence-corrected chi connectivity index (χ1v) is 15.6. The van der Waals surface area contributed by atoms with Crippen molar-refractivity contribution < 1.29 is 0 Å². The fraction of sp³-hybridized carbons (Fsp3) is 0.759. The maximum Gasteiger partial charge on any atom is 0.166 e. The molecule has 6 fully saturated rings.